The molecule has 0 radical (unpaired) electrons. The van der Waals surface area contributed by atoms with Gasteiger partial charge in [0.15, 0.2) is 11.5 Å². The average molecular weight is 315 g/mol. The van der Waals surface area contributed by atoms with Gasteiger partial charge in [-0.25, -0.2) is 9.97 Å². The van der Waals surface area contributed by atoms with Crippen molar-refractivity contribution in [2.45, 2.75) is 0 Å². The van der Waals surface area contributed by atoms with E-state index in [4.69, 9.17) is 0 Å². The number of pyridine rings is 1. The molecule has 5 aromatic rings. The van der Waals surface area contributed by atoms with E-state index in [1.54, 1.807) is 10.9 Å². The topological polar surface area (TPSA) is 88.1 Å². The van der Waals surface area contributed by atoms with Crippen LogP contribution in [0.15, 0.2) is 48.9 Å². The first-order valence-electron chi connectivity index (χ1n) is 7.56. The predicted molar refractivity (Wildman–Crippen MR) is 91.2 cm³/mol. The number of imidazole rings is 1. The molecule has 0 aliphatic carbocycles. The van der Waals surface area contributed by atoms with E-state index >= 15 is 0 Å². The van der Waals surface area contributed by atoms with Crippen LogP contribution in [0, 0.1) is 0 Å². The number of rotatable bonds is 2. The first-order valence-corrected chi connectivity index (χ1v) is 7.56. The SMILES string of the molecule is Cn1cc(-c2ccc3[nH]nc(-c4nc5cccnc5[nH]4)c3c2)cn1. The maximum atomic E-state index is 4.59. The van der Waals surface area contributed by atoms with Gasteiger partial charge in [0, 0.05) is 30.4 Å². The van der Waals surface area contributed by atoms with Gasteiger partial charge in [0.1, 0.15) is 11.2 Å². The Bertz CT molecular complexity index is 1150. The molecule has 116 valence electrons. The highest BCUT2D eigenvalue weighted by Crippen LogP contribution is 2.29. The van der Waals surface area contributed by atoms with E-state index in [-0.39, 0.29) is 0 Å². The van der Waals surface area contributed by atoms with Crippen molar-refractivity contribution < 1.29 is 0 Å². The highest BCUT2D eigenvalue weighted by atomic mass is 15.2. The summed E-state index contributed by atoms with van der Waals surface area (Å²) in [4.78, 5) is 12.1. The molecule has 0 aliphatic rings. The Morgan fingerprint density at radius 1 is 1.12 bits per heavy atom. The Kier molecular flexibility index (Phi) is 2.58. The van der Waals surface area contributed by atoms with Crippen LogP contribution in [-0.2, 0) is 7.05 Å². The fourth-order valence-electron chi connectivity index (χ4n) is 2.90. The van der Waals surface area contributed by atoms with Crippen molar-refractivity contribution in [2.24, 2.45) is 7.05 Å². The van der Waals surface area contributed by atoms with Crippen LogP contribution >= 0.6 is 0 Å². The average Bonchev–Trinajstić information content (AvgIpc) is 3.30. The molecule has 24 heavy (non-hydrogen) atoms. The number of nitrogens with one attached hydrogen (secondary N) is 2. The number of nitrogens with zero attached hydrogens (tertiary/aromatic N) is 5. The molecule has 2 N–H and O–H groups in total. The van der Waals surface area contributed by atoms with Crippen molar-refractivity contribution in [1.82, 2.24) is 34.9 Å². The van der Waals surface area contributed by atoms with Crippen molar-refractivity contribution in [2.75, 3.05) is 0 Å². The Labute approximate surface area is 136 Å². The second-order valence-corrected chi connectivity index (χ2v) is 5.69. The van der Waals surface area contributed by atoms with E-state index in [0.29, 0.717) is 5.82 Å². The number of hydrogen-bond acceptors (Lipinski definition) is 4. The third-order valence-corrected chi connectivity index (χ3v) is 4.08. The Morgan fingerprint density at radius 3 is 2.92 bits per heavy atom. The number of aromatic nitrogens is 7. The summed E-state index contributed by atoms with van der Waals surface area (Å²) in [6.07, 6.45) is 5.59. The number of aryl methyl sites for hydroxylation is 1. The maximum Gasteiger partial charge on any atom is 0.160 e. The smallest absolute Gasteiger partial charge is 0.160 e. The van der Waals surface area contributed by atoms with Crippen LogP contribution in [-0.4, -0.2) is 34.9 Å². The highest BCUT2D eigenvalue weighted by Gasteiger charge is 2.14. The summed E-state index contributed by atoms with van der Waals surface area (Å²) >= 11 is 0. The second kappa shape index (κ2) is 4.76. The third-order valence-electron chi connectivity index (χ3n) is 4.08. The van der Waals surface area contributed by atoms with Gasteiger partial charge in [-0.15, -0.1) is 0 Å². The molecule has 5 rings (SSSR count). The zero-order valence-electron chi connectivity index (χ0n) is 12.9. The van der Waals surface area contributed by atoms with Crippen LogP contribution in [0.3, 0.4) is 0 Å². The number of hydrogen-bond donors (Lipinski definition) is 2. The van der Waals surface area contributed by atoms with Crippen molar-refractivity contribution in [3.05, 3.63) is 48.9 Å². The van der Waals surface area contributed by atoms with Gasteiger partial charge in [0.05, 0.1) is 11.7 Å². The molecule has 1 aromatic carbocycles. The van der Waals surface area contributed by atoms with Crippen LogP contribution in [0.5, 0.6) is 0 Å². The van der Waals surface area contributed by atoms with Gasteiger partial charge >= 0.3 is 0 Å². The normalized spacial score (nSPS) is 11.5. The second-order valence-electron chi connectivity index (χ2n) is 5.69. The summed E-state index contributed by atoms with van der Waals surface area (Å²) in [6.45, 7) is 0. The number of H-pyrrole nitrogens is 2. The lowest BCUT2D eigenvalue weighted by molar-refractivity contribution is 0.768. The summed E-state index contributed by atoms with van der Waals surface area (Å²) in [5, 5.41) is 12.7. The van der Waals surface area contributed by atoms with E-state index in [2.05, 4.69) is 42.4 Å². The Morgan fingerprint density at radius 2 is 2.08 bits per heavy atom. The molecule has 7 nitrogen and oxygen atoms in total. The van der Waals surface area contributed by atoms with Crippen molar-refractivity contribution >= 4 is 22.1 Å². The molecule has 0 aliphatic heterocycles. The predicted octanol–water partition coefficient (Wildman–Crippen LogP) is 2.90. The molecule has 0 amide bonds. The zero-order valence-corrected chi connectivity index (χ0v) is 12.9. The summed E-state index contributed by atoms with van der Waals surface area (Å²) < 4.78 is 1.79. The fourth-order valence-corrected chi connectivity index (χ4v) is 2.90. The van der Waals surface area contributed by atoms with E-state index in [0.717, 1.165) is 38.9 Å². The molecule has 7 heteroatoms. The molecule has 0 saturated carbocycles. The van der Waals surface area contributed by atoms with Gasteiger partial charge in [0.2, 0.25) is 0 Å². The van der Waals surface area contributed by atoms with Gasteiger partial charge in [-0.05, 0) is 29.8 Å². The van der Waals surface area contributed by atoms with Crippen LogP contribution in [0.4, 0.5) is 0 Å². The molecule has 0 unspecified atom stereocenters. The lowest BCUT2D eigenvalue weighted by atomic mass is 10.1. The largest absolute Gasteiger partial charge is 0.321 e. The van der Waals surface area contributed by atoms with Crippen LogP contribution in [0.1, 0.15) is 0 Å². The van der Waals surface area contributed by atoms with E-state index in [9.17, 15) is 0 Å². The Balaban J connectivity index is 1.70. The summed E-state index contributed by atoms with van der Waals surface area (Å²) in [5.41, 5.74) is 5.49. The molecule has 0 atom stereocenters. The van der Waals surface area contributed by atoms with Crippen LogP contribution < -0.4 is 0 Å². The van der Waals surface area contributed by atoms with Crippen molar-refractivity contribution in [3.8, 4) is 22.6 Å². The number of aromatic amines is 2. The lowest BCUT2D eigenvalue weighted by Gasteiger charge is -1.98. The zero-order chi connectivity index (χ0) is 16.1. The monoisotopic (exact) mass is 315 g/mol. The maximum absolute atomic E-state index is 4.59. The third kappa shape index (κ3) is 1.91. The summed E-state index contributed by atoms with van der Waals surface area (Å²) in [6, 6.07) is 9.98. The van der Waals surface area contributed by atoms with Crippen molar-refractivity contribution in [3.63, 3.8) is 0 Å². The first kappa shape index (κ1) is 13.0. The van der Waals surface area contributed by atoms with Gasteiger partial charge in [0.25, 0.3) is 0 Å². The van der Waals surface area contributed by atoms with Gasteiger partial charge in [-0.1, -0.05) is 6.07 Å². The van der Waals surface area contributed by atoms with E-state index in [1.807, 2.05) is 37.6 Å². The van der Waals surface area contributed by atoms with Gasteiger partial charge < -0.3 is 4.98 Å². The standard InChI is InChI=1S/C17H13N7/c1-24-9-11(8-19-24)10-4-5-13-12(7-10)15(23-22-13)17-20-14-3-2-6-18-16(14)21-17/h2-9H,1H3,(H,22,23)(H,18,20,21). The molecule has 0 saturated heterocycles. The Hall–Kier alpha value is -3.48. The van der Waals surface area contributed by atoms with E-state index in [1.165, 1.54) is 0 Å². The van der Waals surface area contributed by atoms with Crippen LogP contribution in [0.25, 0.3) is 44.7 Å². The molecular formula is C17H13N7. The highest BCUT2D eigenvalue weighted by molar-refractivity contribution is 5.95. The molecular weight excluding hydrogens is 302 g/mol. The van der Waals surface area contributed by atoms with E-state index < -0.39 is 0 Å². The minimum Gasteiger partial charge on any atom is -0.321 e. The number of fused-ring (bicyclic) bond motifs is 2. The van der Waals surface area contributed by atoms with Crippen LogP contribution in [0.2, 0.25) is 0 Å². The first-order chi connectivity index (χ1) is 11.8. The molecule has 4 aromatic heterocycles. The number of benzene rings is 1. The summed E-state index contributed by atoms with van der Waals surface area (Å²) in [7, 11) is 1.91. The van der Waals surface area contributed by atoms with Gasteiger partial charge in [-0.2, -0.15) is 10.2 Å². The lowest BCUT2D eigenvalue weighted by Crippen LogP contribution is -1.84. The fraction of sp³-hybridized carbons (Fsp3) is 0.0588. The van der Waals surface area contributed by atoms with Crippen molar-refractivity contribution in [1.29, 1.82) is 0 Å². The molecule has 4 heterocycles. The molecule has 0 spiro atoms. The minimum absolute atomic E-state index is 0.707. The molecule has 0 fully saturated rings. The minimum atomic E-state index is 0.707. The summed E-state index contributed by atoms with van der Waals surface area (Å²) in [5.74, 6) is 0.707. The molecule has 0 bridgehead atoms. The van der Waals surface area contributed by atoms with Gasteiger partial charge in [-0.3, -0.25) is 9.78 Å². The quantitative estimate of drug-likeness (QED) is 0.524.